The van der Waals surface area contributed by atoms with Gasteiger partial charge in [0.25, 0.3) is 11.5 Å². The van der Waals surface area contributed by atoms with Gasteiger partial charge >= 0.3 is 0 Å². The van der Waals surface area contributed by atoms with Gasteiger partial charge in [0.15, 0.2) is 5.78 Å². The summed E-state index contributed by atoms with van der Waals surface area (Å²) >= 11 is 0. The molecule has 0 aliphatic carbocycles. The van der Waals surface area contributed by atoms with Crippen LogP contribution in [0, 0.1) is 0 Å². The number of ketones is 1. The van der Waals surface area contributed by atoms with Crippen LogP contribution >= 0.6 is 0 Å². The zero-order valence-corrected chi connectivity index (χ0v) is 11.9. The highest BCUT2D eigenvalue weighted by Gasteiger charge is 2.10. The van der Waals surface area contributed by atoms with Gasteiger partial charge < -0.3 is 9.88 Å². The minimum Gasteiger partial charge on any atom is -0.355 e. The highest BCUT2D eigenvalue weighted by Crippen LogP contribution is 2.07. The summed E-state index contributed by atoms with van der Waals surface area (Å²) in [6.45, 7) is 1.81. The zero-order valence-electron chi connectivity index (χ0n) is 11.9. The predicted molar refractivity (Wildman–Crippen MR) is 79.6 cm³/mol. The fraction of sp³-hybridized carbons (Fsp3) is 0.188. The van der Waals surface area contributed by atoms with Crippen molar-refractivity contribution in [1.82, 2.24) is 9.88 Å². The summed E-state index contributed by atoms with van der Waals surface area (Å²) in [5.74, 6) is -0.435. The second-order valence-electron chi connectivity index (χ2n) is 4.69. The quantitative estimate of drug-likeness (QED) is 0.864. The van der Waals surface area contributed by atoms with E-state index in [1.807, 2.05) is 6.07 Å². The maximum Gasteiger partial charge on any atom is 0.263 e. The Labute approximate surface area is 122 Å². The Morgan fingerprint density at radius 2 is 1.95 bits per heavy atom. The first kappa shape index (κ1) is 14.7. The van der Waals surface area contributed by atoms with Gasteiger partial charge in [-0.1, -0.05) is 18.2 Å². The molecule has 108 valence electrons. The summed E-state index contributed by atoms with van der Waals surface area (Å²) < 4.78 is 1.45. The van der Waals surface area contributed by atoms with E-state index < -0.39 is 5.91 Å². The summed E-state index contributed by atoms with van der Waals surface area (Å²) in [4.78, 5) is 35.2. The lowest BCUT2D eigenvalue weighted by atomic mass is 10.1. The number of carbonyl (C=O) groups excluding carboxylic acids is 2. The molecule has 0 unspecified atom stereocenters. The standard InChI is InChI=1S/C16H16N2O3/c1-11(19)13-6-3-5-12(9-13)10-18-8-4-7-14(16(18)21)15(20)17-2/h3-9H,10H2,1-2H3,(H,17,20). The molecular formula is C16H16N2O3. The Morgan fingerprint density at radius 3 is 2.62 bits per heavy atom. The van der Waals surface area contributed by atoms with Crippen molar-refractivity contribution in [2.45, 2.75) is 13.5 Å². The Bertz CT molecular complexity index is 747. The van der Waals surface area contributed by atoms with Gasteiger partial charge in [-0.05, 0) is 30.7 Å². The van der Waals surface area contributed by atoms with Crippen molar-refractivity contribution >= 4 is 11.7 Å². The van der Waals surface area contributed by atoms with E-state index in [4.69, 9.17) is 0 Å². The summed E-state index contributed by atoms with van der Waals surface area (Å²) in [6.07, 6.45) is 1.62. The molecule has 2 rings (SSSR count). The van der Waals surface area contributed by atoms with E-state index in [9.17, 15) is 14.4 Å². The summed E-state index contributed by atoms with van der Waals surface area (Å²) in [7, 11) is 1.48. The van der Waals surface area contributed by atoms with Crippen LogP contribution in [0.3, 0.4) is 0 Å². The molecule has 0 saturated carbocycles. The maximum absolute atomic E-state index is 12.2. The molecule has 1 heterocycles. The minimum absolute atomic E-state index is 0.0247. The SMILES string of the molecule is CNC(=O)c1cccn(Cc2cccc(C(C)=O)c2)c1=O. The molecule has 0 spiro atoms. The van der Waals surface area contributed by atoms with Crippen LogP contribution in [-0.2, 0) is 6.54 Å². The highest BCUT2D eigenvalue weighted by atomic mass is 16.2. The molecule has 0 radical (unpaired) electrons. The number of nitrogens with one attached hydrogen (secondary N) is 1. The highest BCUT2D eigenvalue weighted by molar-refractivity contribution is 5.94. The molecule has 21 heavy (non-hydrogen) atoms. The third-order valence-corrected chi connectivity index (χ3v) is 3.18. The maximum atomic E-state index is 12.2. The van der Waals surface area contributed by atoms with Crippen LogP contribution in [-0.4, -0.2) is 23.3 Å². The second kappa shape index (κ2) is 6.17. The topological polar surface area (TPSA) is 68.2 Å². The van der Waals surface area contributed by atoms with Gasteiger partial charge in [-0.2, -0.15) is 0 Å². The molecule has 5 nitrogen and oxygen atoms in total. The molecule has 1 aromatic heterocycles. The molecule has 0 atom stereocenters. The minimum atomic E-state index is -0.410. The zero-order chi connectivity index (χ0) is 15.4. The number of pyridine rings is 1. The third kappa shape index (κ3) is 3.25. The predicted octanol–water partition coefficient (Wildman–Crippen LogP) is 1.46. The van der Waals surface area contributed by atoms with E-state index in [1.165, 1.54) is 24.6 Å². The number of aromatic nitrogens is 1. The van der Waals surface area contributed by atoms with Crippen molar-refractivity contribution in [2.75, 3.05) is 7.05 Å². The van der Waals surface area contributed by atoms with Crippen LogP contribution in [0.2, 0.25) is 0 Å². The van der Waals surface area contributed by atoms with Gasteiger partial charge in [0, 0.05) is 18.8 Å². The van der Waals surface area contributed by atoms with Crippen LogP contribution in [0.15, 0.2) is 47.4 Å². The number of hydrogen-bond donors (Lipinski definition) is 1. The molecule has 1 N–H and O–H groups in total. The number of hydrogen-bond acceptors (Lipinski definition) is 3. The first-order chi connectivity index (χ1) is 10.0. The van der Waals surface area contributed by atoms with E-state index in [0.29, 0.717) is 12.1 Å². The number of benzene rings is 1. The Morgan fingerprint density at radius 1 is 1.19 bits per heavy atom. The fourth-order valence-electron chi connectivity index (χ4n) is 2.05. The number of nitrogens with zero attached hydrogens (tertiary/aromatic N) is 1. The molecule has 0 bridgehead atoms. The Kier molecular flexibility index (Phi) is 4.33. The van der Waals surface area contributed by atoms with Crippen LogP contribution in [0.4, 0.5) is 0 Å². The van der Waals surface area contributed by atoms with E-state index in [-0.39, 0.29) is 16.9 Å². The lowest BCUT2D eigenvalue weighted by molar-refractivity contribution is 0.0960. The summed E-state index contributed by atoms with van der Waals surface area (Å²) in [5.41, 5.74) is 1.18. The lowest BCUT2D eigenvalue weighted by Gasteiger charge is -2.08. The molecular weight excluding hydrogens is 268 g/mol. The van der Waals surface area contributed by atoms with Crippen molar-refractivity contribution in [3.05, 3.63) is 69.6 Å². The molecule has 5 heteroatoms. The lowest BCUT2D eigenvalue weighted by Crippen LogP contribution is -2.31. The average Bonchev–Trinajstić information content (AvgIpc) is 2.49. The molecule has 2 aromatic rings. The Balaban J connectivity index is 2.36. The number of amides is 1. The number of carbonyl (C=O) groups is 2. The summed E-state index contributed by atoms with van der Waals surface area (Å²) in [6, 6.07) is 10.2. The normalized spacial score (nSPS) is 10.2. The van der Waals surface area contributed by atoms with Crippen LogP contribution in [0.5, 0.6) is 0 Å². The van der Waals surface area contributed by atoms with Gasteiger partial charge in [0.2, 0.25) is 0 Å². The van der Waals surface area contributed by atoms with Crippen molar-refractivity contribution in [1.29, 1.82) is 0 Å². The monoisotopic (exact) mass is 284 g/mol. The molecule has 1 aromatic carbocycles. The van der Waals surface area contributed by atoms with Crippen molar-refractivity contribution in [2.24, 2.45) is 0 Å². The van der Waals surface area contributed by atoms with E-state index >= 15 is 0 Å². The smallest absolute Gasteiger partial charge is 0.263 e. The van der Waals surface area contributed by atoms with Crippen molar-refractivity contribution < 1.29 is 9.59 Å². The van der Waals surface area contributed by atoms with Crippen LogP contribution < -0.4 is 10.9 Å². The molecule has 0 aliphatic rings. The Hall–Kier alpha value is -2.69. The first-order valence-corrected chi connectivity index (χ1v) is 6.54. The molecule has 0 aliphatic heterocycles. The van der Waals surface area contributed by atoms with E-state index in [2.05, 4.69) is 5.32 Å². The molecule has 0 saturated heterocycles. The fourth-order valence-corrected chi connectivity index (χ4v) is 2.05. The number of rotatable bonds is 4. The van der Waals surface area contributed by atoms with Gasteiger partial charge in [-0.15, -0.1) is 0 Å². The van der Waals surface area contributed by atoms with Gasteiger partial charge in [-0.25, -0.2) is 0 Å². The largest absolute Gasteiger partial charge is 0.355 e. The van der Waals surface area contributed by atoms with Crippen molar-refractivity contribution in [3.63, 3.8) is 0 Å². The van der Waals surface area contributed by atoms with E-state index in [0.717, 1.165) is 5.56 Å². The summed E-state index contributed by atoms with van der Waals surface area (Å²) in [5, 5.41) is 2.44. The van der Waals surface area contributed by atoms with Gasteiger partial charge in [-0.3, -0.25) is 14.4 Å². The van der Waals surface area contributed by atoms with Gasteiger partial charge in [0.05, 0.1) is 6.54 Å². The van der Waals surface area contributed by atoms with Gasteiger partial charge in [0.1, 0.15) is 5.56 Å². The first-order valence-electron chi connectivity index (χ1n) is 6.54. The average molecular weight is 284 g/mol. The molecule has 1 amide bonds. The second-order valence-corrected chi connectivity index (χ2v) is 4.69. The van der Waals surface area contributed by atoms with Crippen LogP contribution in [0.1, 0.15) is 33.2 Å². The molecule has 0 fully saturated rings. The van der Waals surface area contributed by atoms with E-state index in [1.54, 1.807) is 30.5 Å². The number of Topliss-reactive ketones (excluding diaryl/α,β-unsaturated/α-hetero) is 1. The third-order valence-electron chi connectivity index (χ3n) is 3.18. The van der Waals surface area contributed by atoms with Crippen molar-refractivity contribution in [3.8, 4) is 0 Å². The van der Waals surface area contributed by atoms with Crippen LogP contribution in [0.25, 0.3) is 0 Å².